The number of rotatable bonds is 11. The van der Waals surface area contributed by atoms with Gasteiger partial charge in [-0.1, -0.05) is 36.4 Å². The molecule has 0 aliphatic carbocycles. The summed E-state index contributed by atoms with van der Waals surface area (Å²) in [5.74, 6) is 2.18. The quantitative estimate of drug-likeness (QED) is 0.335. The second-order valence-corrected chi connectivity index (χ2v) is 9.60. The highest BCUT2D eigenvalue weighted by atomic mass is 32.2. The lowest BCUT2D eigenvalue weighted by Crippen LogP contribution is -2.07. The Kier molecular flexibility index (Phi) is 8.71. The topological polar surface area (TPSA) is 89.5 Å². The van der Waals surface area contributed by atoms with E-state index < -0.39 is 9.84 Å². The van der Waals surface area contributed by atoms with Crippen LogP contribution >= 0.6 is 0 Å². The van der Waals surface area contributed by atoms with Crippen LogP contribution in [0.4, 0.5) is 0 Å². The molecule has 0 heterocycles. The van der Waals surface area contributed by atoms with Crippen LogP contribution in [0.1, 0.15) is 16.7 Å². The molecule has 0 aliphatic rings. The molecule has 0 amide bonds. The normalized spacial score (nSPS) is 11.3. The number of hydrogen-bond donors (Lipinski definition) is 0. The van der Waals surface area contributed by atoms with E-state index in [-0.39, 0.29) is 22.1 Å². The predicted molar refractivity (Wildman–Crippen MR) is 138 cm³/mol. The number of benzene rings is 3. The van der Waals surface area contributed by atoms with E-state index in [0.29, 0.717) is 28.6 Å². The fourth-order valence-corrected chi connectivity index (χ4v) is 5.15. The van der Waals surface area contributed by atoms with Crippen molar-refractivity contribution in [3.05, 3.63) is 65.2 Å². The van der Waals surface area contributed by atoms with Crippen LogP contribution in [0.15, 0.2) is 53.4 Å². The zero-order valence-corrected chi connectivity index (χ0v) is 22.0. The molecule has 192 valence electrons. The summed E-state index contributed by atoms with van der Waals surface area (Å²) >= 11 is 0. The van der Waals surface area contributed by atoms with Crippen molar-refractivity contribution < 1.29 is 36.8 Å². The first-order chi connectivity index (χ1) is 17.3. The Hall–Kier alpha value is -3.85. The van der Waals surface area contributed by atoms with E-state index in [1.807, 2.05) is 36.4 Å². The minimum absolute atomic E-state index is 0.0698. The van der Waals surface area contributed by atoms with Crippen molar-refractivity contribution in [1.29, 1.82) is 0 Å². The van der Waals surface area contributed by atoms with Crippen LogP contribution in [0.25, 0.3) is 12.2 Å². The van der Waals surface area contributed by atoms with Gasteiger partial charge >= 0.3 is 0 Å². The van der Waals surface area contributed by atoms with Crippen molar-refractivity contribution in [3.8, 4) is 34.5 Å². The maximum atomic E-state index is 13.4. The minimum Gasteiger partial charge on any atom is -0.493 e. The van der Waals surface area contributed by atoms with Crippen molar-refractivity contribution in [2.75, 3.05) is 42.7 Å². The summed E-state index contributed by atoms with van der Waals surface area (Å²) in [7, 11) is 5.24. The Morgan fingerprint density at radius 3 is 1.58 bits per heavy atom. The van der Waals surface area contributed by atoms with Crippen LogP contribution in [-0.2, 0) is 15.6 Å². The van der Waals surface area contributed by atoms with E-state index in [4.69, 9.17) is 28.4 Å². The van der Waals surface area contributed by atoms with Gasteiger partial charge < -0.3 is 28.4 Å². The van der Waals surface area contributed by atoms with Gasteiger partial charge in [0.1, 0.15) is 0 Å². The lowest BCUT2D eigenvalue weighted by Gasteiger charge is -2.15. The smallest absolute Gasteiger partial charge is 0.203 e. The molecule has 0 saturated carbocycles. The highest BCUT2D eigenvalue weighted by Crippen LogP contribution is 2.41. The lowest BCUT2D eigenvalue weighted by molar-refractivity contribution is 0.323. The zero-order valence-electron chi connectivity index (χ0n) is 21.2. The first-order valence-corrected chi connectivity index (χ1v) is 12.6. The molecule has 0 saturated heterocycles. The van der Waals surface area contributed by atoms with Crippen LogP contribution in [-0.4, -0.2) is 51.1 Å². The molecular formula is C27H30O8S. The predicted octanol–water partition coefficient (Wildman–Crippen LogP) is 4.88. The monoisotopic (exact) mass is 514 g/mol. The summed E-state index contributed by atoms with van der Waals surface area (Å²) in [6, 6.07) is 13.8. The molecule has 3 aromatic carbocycles. The van der Waals surface area contributed by atoms with Crippen molar-refractivity contribution in [1.82, 2.24) is 0 Å². The average Bonchev–Trinajstić information content (AvgIpc) is 2.90. The Morgan fingerprint density at radius 2 is 1.11 bits per heavy atom. The van der Waals surface area contributed by atoms with E-state index >= 15 is 0 Å². The molecule has 0 bridgehead atoms. The van der Waals surface area contributed by atoms with Gasteiger partial charge in [0.05, 0.1) is 53.3 Å². The van der Waals surface area contributed by atoms with Gasteiger partial charge in [-0.3, -0.25) is 0 Å². The van der Waals surface area contributed by atoms with Crippen molar-refractivity contribution in [3.63, 3.8) is 0 Å². The van der Waals surface area contributed by atoms with Crippen LogP contribution in [0.2, 0.25) is 0 Å². The van der Waals surface area contributed by atoms with Gasteiger partial charge in [-0.25, -0.2) is 8.42 Å². The van der Waals surface area contributed by atoms with Gasteiger partial charge in [-0.15, -0.1) is 0 Å². The minimum atomic E-state index is -3.75. The van der Waals surface area contributed by atoms with Gasteiger partial charge in [-0.2, -0.15) is 0 Å². The molecule has 0 radical (unpaired) electrons. The van der Waals surface area contributed by atoms with E-state index in [9.17, 15) is 8.42 Å². The second-order valence-electron chi connectivity index (χ2n) is 7.61. The average molecular weight is 515 g/mol. The van der Waals surface area contributed by atoms with Crippen LogP contribution in [0, 0.1) is 0 Å². The summed E-state index contributed by atoms with van der Waals surface area (Å²) in [5.41, 5.74) is 2.18. The molecule has 3 rings (SSSR count). The molecule has 0 unspecified atom stereocenters. The van der Waals surface area contributed by atoms with Crippen molar-refractivity contribution in [2.45, 2.75) is 10.6 Å². The number of hydrogen-bond acceptors (Lipinski definition) is 8. The Labute approximate surface area is 211 Å². The largest absolute Gasteiger partial charge is 0.493 e. The fourth-order valence-electron chi connectivity index (χ4n) is 3.74. The van der Waals surface area contributed by atoms with E-state index in [1.54, 1.807) is 33.5 Å². The highest BCUT2D eigenvalue weighted by molar-refractivity contribution is 7.90. The van der Waals surface area contributed by atoms with Gasteiger partial charge in [0.2, 0.25) is 11.5 Å². The maximum absolute atomic E-state index is 13.4. The molecule has 0 N–H and O–H groups in total. The molecule has 8 nitrogen and oxygen atoms in total. The number of sulfone groups is 1. The summed E-state index contributed by atoms with van der Waals surface area (Å²) in [6.45, 7) is 0. The van der Waals surface area contributed by atoms with Crippen LogP contribution in [0.3, 0.4) is 0 Å². The summed E-state index contributed by atoms with van der Waals surface area (Å²) in [4.78, 5) is 0.0698. The first-order valence-electron chi connectivity index (χ1n) is 10.9. The van der Waals surface area contributed by atoms with Crippen molar-refractivity contribution >= 4 is 22.0 Å². The molecule has 9 heteroatoms. The van der Waals surface area contributed by atoms with E-state index in [2.05, 4.69) is 0 Å². The Morgan fingerprint density at radius 1 is 0.639 bits per heavy atom. The second kappa shape index (κ2) is 11.7. The summed E-state index contributed by atoms with van der Waals surface area (Å²) in [5, 5.41) is 0. The molecular weight excluding hydrogens is 484 g/mol. The SMILES string of the molecule is COc1cc(/C=C\c2ccccc2CS(=O)(=O)c2cc(OC)c(OC)c(OC)c2)cc(OC)c1OC. The fraction of sp³-hybridized carbons (Fsp3) is 0.259. The van der Waals surface area contributed by atoms with Gasteiger partial charge in [0.25, 0.3) is 0 Å². The first kappa shape index (κ1) is 26.7. The van der Waals surface area contributed by atoms with Gasteiger partial charge in [0, 0.05) is 12.1 Å². The third kappa shape index (κ3) is 5.68. The molecule has 0 aliphatic heterocycles. The third-order valence-corrected chi connectivity index (χ3v) is 7.19. The number of ether oxygens (including phenoxy) is 6. The molecule has 36 heavy (non-hydrogen) atoms. The third-order valence-electron chi connectivity index (χ3n) is 5.54. The number of methoxy groups -OCH3 is 6. The molecule has 0 atom stereocenters. The lowest BCUT2D eigenvalue weighted by atomic mass is 10.1. The summed E-state index contributed by atoms with van der Waals surface area (Å²) < 4.78 is 58.9. The van der Waals surface area contributed by atoms with Gasteiger partial charge in [0.15, 0.2) is 32.8 Å². The van der Waals surface area contributed by atoms with Crippen LogP contribution < -0.4 is 28.4 Å². The highest BCUT2D eigenvalue weighted by Gasteiger charge is 2.22. The van der Waals surface area contributed by atoms with Crippen molar-refractivity contribution in [2.24, 2.45) is 0 Å². The Bertz CT molecular complexity index is 1300. The molecule has 0 fully saturated rings. The standard InChI is InChI=1S/C27H30O8S/c1-30-22-13-18(14-23(31-2)26(22)34-5)11-12-19-9-7-8-10-20(19)17-36(28,29)21-15-24(32-3)27(35-6)25(16-21)33-4/h7-16H,17H2,1-6H3/b12-11-. The van der Waals surface area contributed by atoms with Gasteiger partial charge in [-0.05, 0) is 28.8 Å². The molecule has 0 spiro atoms. The van der Waals surface area contributed by atoms with Crippen LogP contribution in [0.5, 0.6) is 34.5 Å². The zero-order chi connectivity index (χ0) is 26.3. The Balaban J connectivity index is 1.98. The van der Waals surface area contributed by atoms with E-state index in [1.165, 1.54) is 33.5 Å². The molecule has 0 aromatic heterocycles. The molecule has 3 aromatic rings. The van der Waals surface area contributed by atoms with E-state index in [0.717, 1.165) is 11.1 Å². The maximum Gasteiger partial charge on any atom is 0.203 e. The summed E-state index contributed by atoms with van der Waals surface area (Å²) in [6.07, 6.45) is 3.70.